The highest BCUT2D eigenvalue weighted by Crippen LogP contribution is 2.14. The highest BCUT2D eigenvalue weighted by molar-refractivity contribution is 5.95. The van der Waals surface area contributed by atoms with Crippen LogP contribution in [0.2, 0.25) is 0 Å². The minimum atomic E-state index is -0.992. The van der Waals surface area contributed by atoms with Crippen LogP contribution >= 0.6 is 0 Å². The van der Waals surface area contributed by atoms with Gasteiger partial charge in [0.25, 0.3) is 5.91 Å². The van der Waals surface area contributed by atoms with Crippen molar-refractivity contribution >= 4 is 11.9 Å². The van der Waals surface area contributed by atoms with Crippen LogP contribution in [0.4, 0.5) is 0 Å². The molecule has 0 fully saturated rings. The number of nitrogens with zero attached hydrogens (tertiary/aromatic N) is 1. The maximum atomic E-state index is 11.9. The minimum Gasteiger partial charge on any atom is -0.500 e. The highest BCUT2D eigenvalue weighted by atomic mass is 16.5. The second-order valence-electron chi connectivity index (χ2n) is 4.24. The quantitative estimate of drug-likeness (QED) is 0.756. The normalized spacial score (nSPS) is 14.6. The maximum Gasteiger partial charge on any atom is 0.323 e. The second kappa shape index (κ2) is 5.53. The lowest BCUT2D eigenvalue weighted by Crippen LogP contribution is -2.38. The van der Waals surface area contributed by atoms with E-state index in [1.807, 2.05) is 13.8 Å². The van der Waals surface area contributed by atoms with Crippen LogP contribution in [-0.2, 0) is 14.3 Å². The molecule has 5 heteroatoms. The summed E-state index contributed by atoms with van der Waals surface area (Å²) in [5.41, 5.74) is 0.557. The van der Waals surface area contributed by atoms with Gasteiger partial charge in [-0.25, -0.2) is 0 Å². The third kappa shape index (κ3) is 3.56. The van der Waals surface area contributed by atoms with Crippen LogP contribution in [0.15, 0.2) is 11.8 Å². The number of ether oxygens (including phenoxy) is 1. The molecule has 0 bridgehead atoms. The fraction of sp³-hybridized carbons (Fsp3) is 0.636. The lowest BCUT2D eigenvalue weighted by molar-refractivity contribution is -0.143. The van der Waals surface area contributed by atoms with Gasteiger partial charge in [0.15, 0.2) is 0 Å². The molecule has 0 spiro atoms. The van der Waals surface area contributed by atoms with Crippen molar-refractivity contribution in [2.75, 3.05) is 19.7 Å². The summed E-state index contributed by atoms with van der Waals surface area (Å²) in [7, 11) is 0. The first-order valence-electron chi connectivity index (χ1n) is 5.32. The molecule has 1 aliphatic heterocycles. The van der Waals surface area contributed by atoms with Crippen LogP contribution in [0.1, 0.15) is 20.3 Å². The van der Waals surface area contributed by atoms with E-state index in [0.29, 0.717) is 25.1 Å². The van der Waals surface area contributed by atoms with Gasteiger partial charge in [-0.3, -0.25) is 9.59 Å². The predicted molar refractivity (Wildman–Crippen MR) is 57.7 cm³/mol. The van der Waals surface area contributed by atoms with E-state index in [1.165, 1.54) is 11.2 Å². The summed E-state index contributed by atoms with van der Waals surface area (Å²) in [6, 6.07) is 0. The summed E-state index contributed by atoms with van der Waals surface area (Å²) < 4.78 is 4.98. The molecule has 0 unspecified atom stereocenters. The average Bonchev–Trinajstić information content (AvgIpc) is 2.66. The monoisotopic (exact) mass is 227 g/mol. The molecule has 1 heterocycles. The standard InChI is InChI=1S/C11H17NO4/c1-8(2)5-12(6-10(13)14)11(15)9-3-4-16-7-9/h7-8H,3-6H2,1-2H3,(H,13,14). The largest absolute Gasteiger partial charge is 0.500 e. The third-order valence-corrected chi connectivity index (χ3v) is 2.19. The molecule has 1 rings (SSSR count). The van der Waals surface area contributed by atoms with Crippen LogP contribution in [-0.4, -0.2) is 41.6 Å². The van der Waals surface area contributed by atoms with Gasteiger partial charge < -0.3 is 14.7 Å². The molecule has 0 radical (unpaired) electrons. The van der Waals surface area contributed by atoms with Gasteiger partial charge in [-0.1, -0.05) is 13.8 Å². The van der Waals surface area contributed by atoms with Crippen molar-refractivity contribution in [3.63, 3.8) is 0 Å². The van der Waals surface area contributed by atoms with Crippen molar-refractivity contribution in [1.29, 1.82) is 0 Å². The second-order valence-corrected chi connectivity index (χ2v) is 4.24. The van der Waals surface area contributed by atoms with Crippen LogP contribution in [0.5, 0.6) is 0 Å². The SMILES string of the molecule is CC(C)CN(CC(=O)O)C(=O)C1=COCC1. The summed E-state index contributed by atoms with van der Waals surface area (Å²) in [6.07, 6.45) is 1.99. The molecule has 0 saturated heterocycles. The molecule has 16 heavy (non-hydrogen) atoms. The molecule has 0 saturated carbocycles. The third-order valence-electron chi connectivity index (χ3n) is 2.19. The molecule has 0 aromatic heterocycles. The number of carboxylic acid groups (broad SMARTS) is 1. The van der Waals surface area contributed by atoms with Crippen molar-refractivity contribution in [1.82, 2.24) is 4.90 Å². The summed E-state index contributed by atoms with van der Waals surface area (Å²) in [5, 5.41) is 8.74. The summed E-state index contributed by atoms with van der Waals surface area (Å²) in [5.74, 6) is -0.978. The Bertz CT molecular complexity index is 309. The van der Waals surface area contributed by atoms with Crippen LogP contribution in [0.3, 0.4) is 0 Å². The van der Waals surface area contributed by atoms with Crippen molar-refractivity contribution in [3.8, 4) is 0 Å². The first-order chi connectivity index (χ1) is 7.50. The Morgan fingerprint density at radius 1 is 1.56 bits per heavy atom. The number of hydrogen-bond donors (Lipinski definition) is 1. The number of aliphatic carboxylic acids is 1. The summed E-state index contributed by atoms with van der Waals surface area (Å²) in [6.45, 7) is 4.59. The topological polar surface area (TPSA) is 66.8 Å². The molecule has 0 atom stereocenters. The van der Waals surface area contributed by atoms with Crippen molar-refractivity contribution in [2.45, 2.75) is 20.3 Å². The Hall–Kier alpha value is -1.52. The van der Waals surface area contributed by atoms with Crippen molar-refractivity contribution < 1.29 is 19.4 Å². The molecule has 90 valence electrons. The number of carbonyl (C=O) groups is 2. The number of carboxylic acids is 1. The molecule has 1 amide bonds. The Morgan fingerprint density at radius 3 is 2.69 bits per heavy atom. The van der Waals surface area contributed by atoms with E-state index < -0.39 is 5.97 Å². The summed E-state index contributed by atoms with van der Waals surface area (Å²) >= 11 is 0. The molecule has 1 aliphatic rings. The van der Waals surface area contributed by atoms with E-state index in [2.05, 4.69) is 0 Å². The van der Waals surface area contributed by atoms with Gasteiger partial charge in [-0.2, -0.15) is 0 Å². The molecule has 0 aromatic carbocycles. The Morgan fingerprint density at radius 2 is 2.25 bits per heavy atom. The highest BCUT2D eigenvalue weighted by Gasteiger charge is 2.23. The molecular formula is C11H17NO4. The molecule has 1 N–H and O–H groups in total. The number of carbonyl (C=O) groups excluding carboxylic acids is 1. The fourth-order valence-corrected chi connectivity index (χ4v) is 1.57. The van der Waals surface area contributed by atoms with E-state index >= 15 is 0 Å². The van der Waals surface area contributed by atoms with Crippen LogP contribution in [0, 0.1) is 5.92 Å². The zero-order valence-corrected chi connectivity index (χ0v) is 9.60. The number of hydrogen-bond acceptors (Lipinski definition) is 3. The van der Waals surface area contributed by atoms with Gasteiger partial charge in [0.05, 0.1) is 18.4 Å². The smallest absolute Gasteiger partial charge is 0.323 e. The van der Waals surface area contributed by atoms with E-state index in [1.54, 1.807) is 0 Å². The Labute approximate surface area is 94.7 Å². The van der Waals surface area contributed by atoms with Crippen LogP contribution in [0.25, 0.3) is 0 Å². The van der Waals surface area contributed by atoms with E-state index in [4.69, 9.17) is 9.84 Å². The zero-order valence-electron chi connectivity index (χ0n) is 9.60. The molecular weight excluding hydrogens is 210 g/mol. The first-order valence-corrected chi connectivity index (χ1v) is 5.32. The lowest BCUT2D eigenvalue weighted by atomic mass is 10.1. The van der Waals surface area contributed by atoms with E-state index in [0.717, 1.165) is 0 Å². The predicted octanol–water partition coefficient (Wildman–Crippen LogP) is 0.860. The van der Waals surface area contributed by atoms with Gasteiger partial charge in [0.1, 0.15) is 6.54 Å². The van der Waals surface area contributed by atoms with E-state index in [-0.39, 0.29) is 18.4 Å². The van der Waals surface area contributed by atoms with E-state index in [9.17, 15) is 9.59 Å². The van der Waals surface area contributed by atoms with Crippen molar-refractivity contribution in [2.24, 2.45) is 5.92 Å². The summed E-state index contributed by atoms with van der Waals surface area (Å²) in [4.78, 5) is 24.0. The van der Waals surface area contributed by atoms with Gasteiger partial charge in [0, 0.05) is 13.0 Å². The number of rotatable bonds is 5. The number of amides is 1. The first kappa shape index (κ1) is 12.5. The fourth-order valence-electron chi connectivity index (χ4n) is 1.57. The zero-order chi connectivity index (χ0) is 12.1. The van der Waals surface area contributed by atoms with Crippen molar-refractivity contribution in [3.05, 3.63) is 11.8 Å². The van der Waals surface area contributed by atoms with Gasteiger partial charge >= 0.3 is 5.97 Å². The molecule has 5 nitrogen and oxygen atoms in total. The van der Waals surface area contributed by atoms with Crippen LogP contribution < -0.4 is 0 Å². The minimum absolute atomic E-state index is 0.228. The van der Waals surface area contributed by atoms with Gasteiger partial charge in [0.2, 0.25) is 0 Å². The average molecular weight is 227 g/mol. The lowest BCUT2D eigenvalue weighted by Gasteiger charge is -2.22. The molecule has 0 aliphatic carbocycles. The van der Waals surface area contributed by atoms with Gasteiger partial charge in [-0.15, -0.1) is 0 Å². The molecule has 0 aromatic rings. The maximum absolute atomic E-state index is 11.9. The van der Waals surface area contributed by atoms with Gasteiger partial charge in [-0.05, 0) is 5.92 Å². The Balaban J connectivity index is 2.66. The Kier molecular flexibility index (Phi) is 4.34.